The predicted molar refractivity (Wildman–Crippen MR) is 85.2 cm³/mol. The molecule has 0 aromatic heterocycles. The lowest BCUT2D eigenvalue weighted by Crippen LogP contribution is -2.51. The van der Waals surface area contributed by atoms with Gasteiger partial charge in [0, 0.05) is 31.2 Å². The molecule has 0 spiro atoms. The van der Waals surface area contributed by atoms with Gasteiger partial charge >= 0.3 is 0 Å². The summed E-state index contributed by atoms with van der Waals surface area (Å²) < 4.78 is 0. The molecule has 1 aromatic rings. The van der Waals surface area contributed by atoms with Gasteiger partial charge in [-0.15, -0.1) is 0 Å². The maximum atomic E-state index is 12.8. The first kappa shape index (κ1) is 15.7. The fraction of sp³-hybridized carbons (Fsp3) is 0.471. The van der Waals surface area contributed by atoms with E-state index in [1.807, 2.05) is 6.92 Å². The molecule has 0 bridgehead atoms. The number of amides is 3. The van der Waals surface area contributed by atoms with Gasteiger partial charge in [0.2, 0.25) is 0 Å². The summed E-state index contributed by atoms with van der Waals surface area (Å²) >= 11 is 0. The van der Waals surface area contributed by atoms with E-state index in [4.69, 9.17) is 5.73 Å². The second kappa shape index (κ2) is 5.77. The van der Waals surface area contributed by atoms with Crippen LogP contribution >= 0.6 is 0 Å². The largest absolute Gasteiger partial charge is 0.334 e. The summed E-state index contributed by atoms with van der Waals surface area (Å²) in [4.78, 5) is 39.7. The summed E-state index contributed by atoms with van der Waals surface area (Å²) in [6.07, 6.45) is 2.92. The molecule has 6 nitrogen and oxygen atoms in total. The van der Waals surface area contributed by atoms with Crippen LogP contribution in [-0.4, -0.2) is 53.2 Å². The highest BCUT2D eigenvalue weighted by Crippen LogP contribution is 2.26. The van der Waals surface area contributed by atoms with Gasteiger partial charge in [0.25, 0.3) is 17.7 Å². The topological polar surface area (TPSA) is 83.7 Å². The first-order valence-corrected chi connectivity index (χ1v) is 7.95. The van der Waals surface area contributed by atoms with Crippen LogP contribution in [0.4, 0.5) is 0 Å². The Balaban J connectivity index is 1.92. The van der Waals surface area contributed by atoms with Gasteiger partial charge in [-0.25, -0.2) is 0 Å². The Morgan fingerprint density at radius 1 is 1.22 bits per heavy atom. The Morgan fingerprint density at radius 3 is 2.61 bits per heavy atom. The van der Waals surface area contributed by atoms with Gasteiger partial charge in [0.05, 0.1) is 11.1 Å². The molecule has 6 heteroatoms. The van der Waals surface area contributed by atoms with Crippen LogP contribution in [0.2, 0.25) is 0 Å². The highest BCUT2D eigenvalue weighted by molar-refractivity contribution is 6.21. The Morgan fingerprint density at radius 2 is 1.91 bits per heavy atom. The van der Waals surface area contributed by atoms with E-state index in [1.54, 1.807) is 17.0 Å². The molecule has 122 valence electrons. The number of imide groups is 1. The van der Waals surface area contributed by atoms with Crippen LogP contribution in [0.3, 0.4) is 0 Å². The molecule has 2 aliphatic rings. The molecule has 2 N–H and O–H groups in total. The monoisotopic (exact) mass is 315 g/mol. The summed E-state index contributed by atoms with van der Waals surface area (Å²) in [6.45, 7) is 2.59. The van der Waals surface area contributed by atoms with Gasteiger partial charge in [-0.05, 0) is 44.4 Å². The average Bonchev–Trinajstić information content (AvgIpc) is 2.78. The van der Waals surface area contributed by atoms with Gasteiger partial charge in [-0.2, -0.15) is 0 Å². The van der Waals surface area contributed by atoms with E-state index in [2.05, 4.69) is 0 Å². The smallest absolute Gasteiger partial charge is 0.261 e. The number of fused-ring (bicyclic) bond motifs is 1. The SMILES string of the molecule is CC(N)C1CCCCN1C(=O)c1ccc2c(c1)C(=O)N(C)C2=O. The molecule has 1 fully saturated rings. The molecule has 3 amide bonds. The normalized spacial score (nSPS) is 22.3. The number of carbonyl (C=O) groups is 3. The fourth-order valence-electron chi connectivity index (χ4n) is 3.42. The minimum atomic E-state index is -0.359. The van der Waals surface area contributed by atoms with E-state index in [0.717, 1.165) is 24.2 Å². The van der Waals surface area contributed by atoms with Crippen LogP contribution in [0.1, 0.15) is 57.3 Å². The van der Waals surface area contributed by atoms with Gasteiger partial charge in [0.1, 0.15) is 0 Å². The standard InChI is InChI=1S/C17H21N3O3/c1-10(18)14-5-3-4-8-20(14)15(21)11-6-7-12-13(9-11)17(23)19(2)16(12)22/h6-7,9-10,14H,3-5,8,18H2,1-2H3. The number of nitrogens with two attached hydrogens (primary N) is 1. The Labute approximate surface area is 135 Å². The van der Waals surface area contributed by atoms with Gasteiger partial charge < -0.3 is 10.6 Å². The van der Waals surface area contributed by atoms with E-state index < -0.39 is 0 Å². The zero-order valence-corrected chi connectivity index (χ0v) is 13.4. The van der Waals surface area contributed by atoms with Crippen molar-refractivity contribution in [2.45, 2.75) is 38.3 Å². The summed E-state index contributed by atoms with van der Waals surface area (Å²) in [6, 6.07) is 4.65. The lowest BCUT2D eigenvalue weighted by Gasteiger charge is -2.38. The van der Waals surface area contributed by atoms with Gasteiger partial charge in [0.15, 0.2) is 0 Å². The summed E-state index contributed by atoms with van der Waals surface area (Å²) in [5.41, 5.74) is 7.12. The van der Waals surface area contributed by atoms with Crippen molar-refractivity contribution in [1.29, 1.82) is 0 Å². The molecule has 1 aromatic carbocycles. The molecule has 0 aliphatic carbocycles. The zero-order valence-electron chi connectivity index (χ0n) is 13.4. The molecule has 23 heavy (non-hydrogen) atoms. The average molecular weight is 315 g/mol. The van der Waals surface area contributed by atoms with Crippen LogP contribution in [0.5, 0.6) is 0 Å². The van der Waals surface area contributed by atoms with Crippen molar-refractivity contribution in [2.75, 3.05) is 13.6 Å². The van der Waals surface area contributed by atoms with E-state index in [1.165, 1.54) is 13.1 Å². The Bertz CT molecular complexity index is 684. The fourth-order valence-corrected chi connectivity index (χ4v) is 3.42. The molecule has 1 saturated heterocycles. The quantitative estimate of drug-likeness (QED) is 0.833. The number of rotatable bonds is 2. The van der Waals surface area contributed by atoms with Crippen molar-refractivity contribution < 1.29 is 14.4 Å². The molecule has 0 radical (unpaired) electrons. The molecular formula is C17H21N3O3. The molecule has 3 rings (SSSR count). The minimum absolute atomic E-state index is 0.0181. The van der Waals surface area contributed by atoms with Crippen LogP contribution in [-0.2, 0) is 0 Å². The highest BCUT2D eigenvalue weighted by atomic mass is 16.2. The minimum Gasteiger partial charge on any atom is -0.334 e. The molecule has 2 aliphatic heterocycles. The van der Waals surface area contributed by atoms with Crippen molar-refractivity contribution in [3.63, 3.8) is 0 Å². The van der Waals surface area contributed by atoms with Crippen molar-refractivity contribution in [3.05, 3.63) is 34.9 Å². The maximum absolute atomic E-state index is 12.8. The van der Waals surface area contributed by atoms with Crippen molar-refractivity contribution in [1.82, 2.24) is 9.80 Å². The highest BCUT2D eigenvalue weighted by Gasteiger charge is 2.35. The maximum Gasteiger partial charge on any atom is 0.261 e. The number of hydrogen-bond donors (Lipinski definition) is 1. The van der Waals surface area contributed by atoms with E-state index >= 15 is 0 Å². The van der Waals surface area contributed by atoms with Crippen LogP contribution in [0, 0.1) is 0 Å². The third-order valence-corrected chi connectivity index (χ3v) is 4.75. The lowest BCUT2D eigenvalue weighted by atomic mass is 9.95. The molecule has 2 heterocycles. The predicted octanol–water partition coefficient (Wildman–Crippen LogP) is 1.25. The second-order valence-corrected chi connectivity index (χ2v) is 6.35. The second-order valence-electron chi connectivity index (χ2n) is 6.35. The van der Waals surface area contributed by atoms with E-state index in [-0.39, 0.29) is 29.8 Å². The first-order valence-electron chi connectivity index (χ1n) is 7.95. The Kier molecular flexibility index (Phi) is 3.93. The number of piperidine rings is 1. The molecular weight excluding hydrogens is 294 g/mol. The summed E-state index contributed by atoms with van der Waals surface area (Å²) in [5.74, 6) is -0.804. The van der Waals surface area contributed by atoms with Crippen LogP contribution < -0.4 is 5.73 Å². The summed E-state index contributed by atoms with van der Waals surface area (Å²) in [5, 5.41) is 0. The number of carbonyl (C=O) groups excluding carboxylic acids is 3. The van der Waals surface area contributed by atoms with Gasteiger partial charge in [-0.3, -0.25) is 19.3 Å². The number of hydrogen-bond acceptors (Lipinski definition) is 4. The number of benzene rings is 1. The Hall–Kier alpha value is -2.21. The first-order chi connectivity index (χ1) is 10.9. The third-order valence-electron chi connectivity index (χ3n) is 4.75. The zero-order chi connectivity index (χ0) is 16.7. The number of likely N-dealkylation sites (tertiary alicyclic amines) is 1. The van der Waals surface area contributed by atoms with Crippen LogP contribution in [0.25, 0.3) is 0 Å². The van der Waals surface area contributed by atoms with E-state index in [9.17, 15) is 14.4 Å². The van der Waals surface area contributed by atoms with Crippen molar-refractivity contribution in [2.24, 2.45) is 5.73 Å². The lowest BCUT2D eigenvalue weighted by molar-refractivity contribution is 0.0583. The van der Waals surface area contributed by atoms with Crippen LogP contribution in [0.15, 0.2) is 18.2 Å². The molecule has 2 atom stereocenters. The van der Waals surface area contributed by atoms with Crippen molar-refractivity contribution >= 4 is 17.7 Å². The van der Waals surface area contributed by atoms with Gasteiger partial charge in [-0.1, -0.05) is 0 Å². The molecule has 0 saturated carbocycles. The summed E-state index contributed by atoms with van der Waals surface area (Å²) in [7, 11) is 1.45. The third kappa shape index (κ3) is 2.53. The molecule has 2 unspecified atom stereocenters. The van der Waals surface area contributed by atoms with E-state index in [0.29, 0.717) is 23.2 Å². The van der Waals surface area contributed by atoms with Crippen molar-refractivity contribution in [3.8, 4) is 0 Å². The number of nitrogens with zero attached hydrogens (tertiary/aromatic N) is 2.